The minimum absolute atomic E-state index is 0.476. The Morgan fingerprint density at radius 3 is 2.41 bits per heavy atom. The zero-order chi connectivity index (χ0) is 22.4. The molecule has 0 saturated heterocycles. The molecule has 7 heteroatoms. The minimum atomic E-state index is 0.476. The van der Waals surface area contributed by atoms with Crippen LogP contribution in [0.1, 0.15) is 31.0 Å². The Hall–Kier alpha value is -3.06. The van der Waals surface area contributed by atoms with E-state index in [1.54, 1.807) is 26.0 Å². The van der Waals surface area contributed by atoms with E-state index in [9.17, 15) is 0 Å². The minimum Gasteiger partial charge on any atom is -0.493 e. The highest BCUT2D eigenvalue weighted by Crippen LogP contribution is 2.37. The van der Waals surface area contributed by atoms with Crippen LogP contribution in [-0.4, -0.2) is 34.7 Å². The van der Waals surface area contributed by atoms with Crippen molar-refractivity contribution in [3.8, 4) is 28.7 Å². The summed E-state index contributed by atoms with van der Waals surface area (Å²) in [6.45, 7) is 7.41. The topological polar surface area (TPSA) is 53.0 Å². The molecule has 0 amide bonds. The number of fused-ring (bicyclic) bond motifs is 2. The van der Waals surface area contributed by atoms with Crippen LogP contribution in [0.4, 0.5) is 0 Å². The van der Waals surface area contributed by atoms with Crippen molar-refractivity contribution < 1.29 is 14.0 Å². The second-order valence-corrected chi connectivity index (χ2v) is 9.37. The Morgan fingerprint density at radius 2 is 1.75 bits per heavy atom. The SMILES string of the molecule is COc1cc2cc(C)[n+](-c3nc4n(n3)CCS4)c(-c3ccc(C(C)C)cc3)c2cc1OC. The van der Waals surface area contributed by atoms with Gasteiger partial charge in [0.05, 0.1) is 26.5 Å². The Balaban J connectivity index is 1.83. The van der Waals surface area contributed by atoms with Crippen LogP contribution in [0.15, 0.2) is 47.6 Å². The Bertz CT molecular complexity index is 1290. The molecule has 5 rings (SSSR count). The first kappa shape index (κ1) is 20.8. The number of hydrogen-bond acceptors (Lipinski definition) is 5. The van der Waals surface area contributed by atoms with Gasteiger partial charge in [-0.2, -0.15) is 9.25 Å². The van der Waals surface area contributed by atoms with Gasteiger partial charge in [-0.3, -0.25) is 0 Å². The number of rotatable bonds is 5. The molecule has 1 aliphatic rings. The second kappa shape index (κ2) is 8.13. The highest BCUT2D eigenvalue weighted by molar-refractivity contribution is 7.99. The van der Waals surface area contributed by atoms with Gasteiger partial charge in [-0.05, 0) is 47.0 Å². The van der Waals surface area contributed by atoms with Crippen LogP contribution in [0.5, 0.6) is 11.5 Å². The third-order valence-electron chi connectivity index (χ3n) is 5.96. The zero-order valence-electron chi connectivity index (χ0n) is 19.0. The largest absolute Gasteiger partial charge is 0.493 e. The molecule has 0 radical (unpaired) electrons. The molecule has 164 valence electrons. The maximum atomic E-state index is 5.64. The predicted octanol–water partition coefficient (Wildman–Crippen LogP) is 4.93. The highest BCUT2D eigenvalue weighted by atomic mass is 32.2. The molecule has 1 aliphatic heterocycles. The molecule has 0 spiro atoms. The molecular formula is C25H27N4O2S+. The third-order valence-corrected chi connectivity index (χ3v) is 6.91. The molecule has 0 atom stereocenters. The summed E-state index contributed by atoms with van der Waals surface area (Å²) in [5, 5.41) is 7.95. The fourth-order valence-electron chi connectivity index (χ4n) is 4.26. The van der Waals surface area contributed by atoms with E-state index in [4.69, 9.17) is 19.6 Å². The first-order chi connectivity index (χ1) is 15.5. The number of benzene rings is 2. The quantitative estimate of drug-likeness (QED) is 0.406. The lowest BCUT2D eigenvalue weighted by atomic mass is 9.97. The van der Waals surface area contributed by atoms with Gasteiger partial charge in [-0.15, -0.1) is 0 Å². The average molecular weight is 448 g/mol. The summed E-state index contributed by atoms with van der Waals surface area (Å²) in [6.07, 6.45) is 0. The van der Waals surface area contributed by atoms with Crippen molar-refractivity contribution in [2.45, 2.75) is 38.4 Å². The number of methoxy groups -OCH3 is 2. The standard InChI is InChI=1S/C25H27N4O2S/c1-15(2)17-6-8-18(9-7-17)23-20-14-22(31-5)21(30-4)13-19(20)12-16(3)29(23)24-26-25-28(27-24)10-11-32-25/h6-9,12-15H,10-11H2,1-5H3/q+1. The van der Waals surface area contributed by atoms with E-state index in [0.717, 1.165) is 45.2 Å². The van der Waals surface area contributed by atoms with Crippen LogP contribution in [0.25, 0.3) is 28.0 Å². The molecule has 2 aromatic carbocycles. The van der Waals surface area contributed by atoms with E-state index in [-0.39, 0.29) is 0 Å². The van der Waals surface area contributed by atoms with Gasteiger partial charge in [-0.25, -0.2) is 0 Å². The second-order valence-electron chi connectivity index (χ2n) is 8.31. The summed E-state index contributed by atoms with van der Waals surface area (Å²) in [4.78, 5) is 4.86. The first-order valence-corrected chi connectivity index (χ1v) is 11.8. The van der Waals surface area contributed by atoms with E-state index >= 15 is 0 Å². The summed E-state index contributed by atoms with van der Waals surface area (Å²) in [5.74, 6) is 3.62. The number of ether oxygens (including phenoxy) is 2. The van der Waals surface area contributed by atoms with Crippen LogP contribution in [-0.2, 0) is 6.54 Å². The summed E-state index contributed by atoms with van der Waals surface area (Å²) < 4.78 is 15.4. The predicted molar refractivity (Wildman–Crippen MR) is 127 cm³/mol. The van der Waals surface area contributed by atoms with Crippen molar-refractivity contribution in [1.29, 1.82) is 0 Å². The van der Waals surface area contributed by atoms with Crippen molar-refractivity contribution in [3.63, 3.8) is 0 Å². The molecule has 0 fully saturated rings. The Morgan fingerprint density at radius 1 is 1.03 bits per heavy atom. The molecule has 32 heavy (non-hydrogen) atoms. The van der Waals surface area contributed by atoms with Crippen molar-refractivity contribution >= 4 is 22.5 Å². The van der Waals surface area contributed by atoms with Gasteiger partial charge in [0.25, 0.3) is 5.16 Å². The van der Waals surface area contributed by atoms with Crippen LogP contribution in [0, 0.1) is 6.92 Å². The van der Waals surface area contributed by atoms with E-state index in [1.165, 1.54) is 5.56 Å². The summed E-state index contributed by atoms with van der Waals surface area (Å²) >= 11 is 1.75. The smallest absolute Gasteiger partial charge is 0.461 e. The number of hydrogen-bond donors (Lipinski definition) is 0. The van der Waals surface area contributed by atoms with Gasteiger partial charge in [0.15, 0.2) is 11.5 Å². The van der Waals surface area contributed by atoms with Crippen molar-refractivity contribution in [2.75, 3.05) is 20.0 Å². The molecular weight excluding hydrogens is 420 g/mol. The summed E-state index contributed by atoms with van der Waals surface area (Å²) in [5.41, 5.74) is 4.53. The number of pyridine rings is 1. The average Bonchev–Trinajstić information content (AvgIpc) is 3.39. The molecule has 0 saturated carbocycles. The molecule has 4 aromatic rings. The van der Waals surface area contributed by atoms with E-state index in [1.807, 2.05) is 16.8 Å². The van der Waals surface area contributed by atoms with E-state index in [2.05, 4.69) is 55.7 Å². The molecule has 0 bridgehead atoms. The van der Waals surface area contributed by atoms with Crippen molar-refractivity contribution in [1.82, 2.24) is 14.8 Å². The normalized spacial score (nSPS) is 13.1. The monoisotopic (exact) mass is 447 g/mol. The number of aromatic nitrogens is 4. The van der Waals surface area contributed by atoms with Crippen LogP contribution < -0.4 is 14.0 Å². The van der Waals surface area contributed by atoms with Crippen LogP contribution >= 0.6 is 11.8 Å². The lowest BCUT2D eigenvalue weighted by molar-refractivity contribution is -0.597. The van der Waals surface area contributed by atoms with Crippen LogP contribution in [0.3, 0.4) is 0 Å². The first-order valence-electron chi connectivity index (χ1n) is 10.8. The fraction of sp³-hybridized carbons (Fsp3) is 0.320. The van der Waals surface area contributed by atoms with Gasteiger partial charge >= 0.3 is 5.95 Å². The Kier molecular flexibility index (Phi) is 5.29. The number of aryl methyl sites for hydroxylation is 2. The van der Waals surface area contributed by atoms with Gasteiger partial charge in [0.2, 0.25) is 0 Å². The van der Waals surface area contributed by atoms with Crippen molar-refractivity contribution in [3.05, 3.63) is 53.7 Å². The lowest BCUT2D eigenvalue weighted by Crippen LogP contribution is -2.39. The third kappa shape index (κ3) is 3.41. The molecule has 3 heterocycles. The summed E-state index contributed by atoms with van der Waals surface area (Å²) in [7, 11) is 3.33. The van der Waals surface area contributed by atoms with Gasteiger partial charge in [0.1, 0.15) is 5.69 Å². The highest BCUT2D eigenvalue weighted by Gasteiger charge is 2.30. The van der Waals surface area contributed by atoms with Crippen molar-refractivity contribution in [2.24, 2.45) is 0 Å². The maximum Gasteiger partial charge on any atom is 0.461 e. The fourth-order valence-corrected chi connectivity index (χ4v) is 5.13. The molecule has 2 aromatic heterocycles. The summed E-state index contributed by atoms with van der Waals surface area (Å²) in [6, 6.07) is 15.0. The van der Waals surface area contributed by atoms with E-state index < -0.39 is 0 Å². The van der Waals surface area contributed by atoms with Gasteiger partial charge in [0, 0.05) is 21.8 Å². The number of thioether (sulfide) groups is 1. The molecule has 0 aliphatic carbocycles. The molecule has 6 nitrogen and oxygen atoms in total. The van der Waals surface area contributed by atoms with Gasteiger partial charge in [-0.1, -0.05) is 49.9 Å². The number of nitrogens with zero attached hydrogens (tertiary/aromatic N) is 4. The van der Waals surface area contributed by atoms with E-state index in [0.29, 0.717) is 23.4 Å². The van der Waals surface area contributed by atoms with Crippen LogP contribution in [0.2, 0.25) is 0 Å². The zero-order valence-corrected chi connectivity index (χ0v) is 19.9. The molecule has 0 unspecified atom stereocenters. The molecule has 0 N–H and O–H groups in total. The lowest BCUT2D eigenvalue weighted by Gasteiger charge is -2.16. The van der Waals surface area contributed by atoms with Gasteiger partial charge < -0.3 is 9.47 Å². The maximum absolute atomic E-state index is 5.64. The Labute approximate surface area is 192 Å².